The molecule has 1 aliphatic heterocycles. The Hall–Kier alpha value is -3.29. The highest BCUT2D eigenvalue weighted by Gasteiger charge is 2.18. The number of carbonyl (C=O) groups excluding carboxylic acids is 1. The number of rotatable bonds is 9. The molecular weight excluding hydrogens is 421 g/mol. The Morgan fingerprint density at radius 3 is 2.67 bits per heavy atom. The lowest BCUT2D eigenvalue weighted by atomic mass is 10.1. The maximum absolute atomic E-state index is 13.7. The van der Waals surface area contributed by atoms with E-state index in [1.54, 1.807) is 23.2 Å². The van der Waals surface area contributed by atoms with Gasteiger partial charge in [-0.2, -0.15) is 0 Å². The molecule has 0 aliphatic carbocycles. The zero-order chi connectivity index (χ0) is 22.9. The second-order valence-electron chi connectivity index (χ2n) is 7.94. The zero-order valence-electron chi connectivity index (χ0n) is 18.5. The van der Waals surface area contributed by atoms with Crippen molar-refractivity contribution in [3.63, 3.8) is 0 Å². The van der Waals surface area contributed by atoms with E-state index < -0.39 is 5.82 Å². The first-order valence-electron chi connectivity index (χ1n) is 11.1. The van der Waals surface area contributed by atoms with E-state index in [9.17, 15) is 9.18 Å². The molecule has 0 saturated carbocycles. The molecule has 6 nitrogen and oxygen atoms in total. The first-order valence-corrected chi connectivity index (χ1v) is 11.1. The van der Waals surface area contributed by atoms with Crippen LogP contribution in [-0.2, 0) is 17.8 Å². The van der Waals surface area contributed by atoms with Gasteiger partial charge in [-0.15, -0.1) is 0 Å². The molecule has 2 aromatic carbocycles. The monoisotopic (exact) mass is 449 g/mol. The third-order valence-electron chi connectivity index (χ3n) is 5.49. The fourth-order valence-electron chi connectivity index (χ4n) is 3.76. The number of carbonyl (C=O) groups is 1. The summed E-state index contributed by atoms with van der Waals surface area (Å²) in [6.07, 6.45) is 1.70. The first kappa shape index (κ1) is 22.9. The zero-order valence-corrected chi connectivity index (χ0v) is 18.5. The molecule has 3 aromatic rings. The summed E-state index contributed by atoms with van der Waals surface area (Å²) in [7, 11) is 0. The number of pyridine rings is 1. The fourth-order valence-corrected chi connectivity index (χ4v) is 3.76. The van der Waals surface area contributed by atoms with Gasteiger partial charge in [0.1, 0.15) is 18.2 Å². The molecule has 4 rings (SSSR count). The first-order chi connectivity index (χ1) is 16.2. The summed E-state index contributed by atoms with van der Waals surface area (Å²) in [6.45, 7) is 5.48. The summed E-state index contributed by atoms with van der Waals surface area (Å²) in [5.41, 5.74) is 2.00. The van der Waals surface area contributed by atoms with Crippen LogP contribution >= 0.6 is 0 Å². The lowest BCUT2D eigenvalue weighted by Crippen LogP contribution is -2.38. The molecule has 1 aliphatic rings. The minimum Gasteiger partial charge on any atom is -0.492 e. The predicted molar refractivity (Wildman–Crippen MR) is 123 cm³/mol. The van der Waals surface area contributed by atoms with Crippen LogP contribution in [0, 0.1) is 5.82 Å². The molecule has 0 N–H and O–H groups in total. The van der Waals surface area contributed by atoms with E-state index in [1.807, 2.05) is 42.5 Å². The quantitative estimate of drug-likeness (QED) is 0.498. The number of hydrogen-bond acceptors (Lipinski definition) is 5. The van der Waals surface area contributed by atoms with Crippen molar-refractivity contribution >= 4 is 5.91 Å². The van der Waals surface area contributed by atoms with Crippen LogP contribution in [-0.4, -0.2) is 60.1 Å². The van der Waals surface area contributed by atoms with Crippen molar-refractivity contribution in [2.45, 2.75) is 13.1 Å². The lowest BCUT2D eigenvalue weighted by molar-refractivity contribution is 0.0322. The topological polar surface area (TPSA) is 54.9 Å². The number of nitrogens with zero attached hydrogens (tertiary/aromatic N) is 3. The number of ether oxygens (including phenoxy) is 2. The average Bonchev–Trinajstić information content (AvgIpc) is 2.85. The van der Waals surface area contributed by atoms with Crippen LogP contribution in [0.1, 0.15) is 21.6 Å². The lowest BCUT2D eigenvalue weighted by Gasteiger charge is -2.26. The predicted octanol–water partition coefficient (Wildman–Crippen LogP) is 3.77. The van der Waals surface area contributed by atoms with Crippen LogP contribution in [0.15, 0.2) is 72.9 Å². The molecule has 0 spiro atoms. The molecule has 0 unspecified atom stereocenters. The molecule has 0 radical (unpaired) electrons. The van der Waals surface area contributed by atoms with Gasteiger partial charge in [0.05, 0.1) is 25.5 Å². The Labute approximate surface area is 193 Å². The van der Waals surface area contributed by atoms with Crippen molar-refractivity contribution in [2.24, 2.45) is 0 Å². The van der Waals surface area contributed by atoms with Gasteiger partial charge in [-0.25, -0.2) is 4.39 Å². The summed E-state index contributed by atoms with van der Waals surface area (Å²) in [5.74, 6) is 0.0739. The Balaban J connectivity index is 1.44. The Bertz CT molecular complexity index is 1040. The van der Waals surface area contributed by atoms with Crippen LogP contribution in [0.25, 0.3) is 0 Å². The normalized spacial score (nSPS) is 14.1. The van der Waals surface area contributed by atoms with Crippen molar-refractivity contribution in [3.8, 4) is 5.75 Å². The van der Waals surface area contributed by atoms with Crippen molar-refractivity contribution in [1.29, 1.82) is 0 Å². The van der Waals surface area contributed by atoms with Crippen molar-refractivity contribution < 1.29 is 18.7 Å². The van der Waals surface area contributed by atoms with Gasteiger partial charge >= 0.3 is 0 Å². The molecule has 1 amide bonds. The van der Waals surface area contributed by atoms with E-state index >= 15 is 0 Å². The standard InChI is InChI=1S/C26H28FN3O3/c27-23-7-4-6-22(18-23)26(31)30(20-24-8-1-2-10-28-24)19-21-5-3-9-25(17-21)33-16-13-29-11-14-32-15-12-29/h1-10,17-18H,11-16,19-20H2. The van der Waals surface area contributed by atoms with Crippen LogP contribution in [0.5, 0.6) is 5.75 Å². The third-order valence-corrected chi connectivity index (χ3v) is 5.49. The van der Waals surface area contributed by atoms with Gasteiger partial charge < -0.3 is 14.4 Å². The molecule has 172 valence electrons. The molecule has 7 heteroatoms. The highest BCUT2D eigenvalue weighted by atomic mass is 19.1. The number of morpholine rings is 1. The second-order valence-corrected chi connectivity index (χ2v) is 7.94. The maximum atomic E-state index is 13.7. The van der Waals surface area contributed by atoms with Gasteiger partial charge in [0.2, 0.25) is 0 Å². The molecule has 2 heterocycles. The minimum atomic E-state index is -0.436. The van der Waals surface area contributed by atoms with Crippen LogP contribution in [0.2, 0.25) is 0 Å². The van der Waals surface area contributed by atoms with Gasteiger partial charge in [0.15, 0.2) is 0 Å². The molecule has 1 aromatic heterocycles. The number of halogens is 1. The molecule has 0 bridgehead atoms. The molecule has 1 fully saturated rings. The average molecular weight is 450 g/mol. The Kier molecular flexibility index (Phi) is 8.00. The van der Waals surface area contributed by atoms with Crippen LogP contribution in [0.4, 0.5) is 4.39 Å². The van der Waals surface area contributed by atoms with Gasteiger partial charge in [0.25, 0.3) is 5.91 Å². The van der Waals surface area contributed by atoms with E-state index in [-0.39, 0.29) is 5.91 Å². The van der Waals surface area contributed by atoms with E-state index in [0.29, 0.717) is 25.3 Å². The summed E-state index contributed by atoms with van der Waals surface area (Å²) in [4.78, 5) is 21.6. The van der Waals surface area contributed by atoms with E-state index in [1.165, 1.54) is 12.1 Å². The van der Waals surface area contributed by atoms with Crippen molar-refractivity contribution in [3.05, 3.63) is 95.6 Å². The van der Waals surface area contributed by atoms with Crippen LogP contribution < -0.4 is 4.74 Å². The number of aromatic nitrogens is 1. The Morgan fingerprint density at radius 1 is 1.03 bits per heavy atom. The van der Waals surface area contributed by atoms with E-state index in [0.717, 1.165) is 49.9 Å². The summed E-state index contributed by atoms with van der Waals surface area (Å²) in [5, 5.41) is 0. The van der Waals surface area contributed by atoms with Gasteiger partial charge in [-0.05, 0) is 48.0 Å². The highest BCUT2D eigenvalue weighted by Crippen LogP contribution is 2.18. The van der Waals surface area contributed by atoms with Crippen molar-refractivity contribution in [1.82, 2.24) is 14.8 Å². The van der Waals surface area contributed by atoms with Gasteiger partial charge in [-0.1, -0.05) is 24.3 Å². The Morgan fingerprint density at radius 2 is 1.88 bits per heavy atom. The number of benzene rings is 2. The smallest absolute Gasteiger partial charge is 0.254 e. The summed E-state index contributed by atoms with van der Waals surface area (Å²) >= 11 is 0. The highest BCUT2D eigenvalue weighted by molar-refractivity contribution is 5.94. The third kappa shape index (κ3) is 6.84. The van der Waals surface area contributed by atoms with Gasteiger partial charge in [-0.3, -0.25) is 14.7 Å². The molecule has 1 saturated heterocycles. The van der Waals surface area contributed by atoms with Gasteiger partial charge in [0, 0.05) is 37.9 Å². The number of amides is 1. The molecular formula is C26H28FN3O3. The molecule has 33 heavy (non-hydrogen) atoms. The van der Waals surface area contributed by atoms with Crippen molar-refractivity contribution in [2.75, 3.05) is 39.5 Å². The van der Waals surface area contributed by atoms with E-state index in [2.05, 4.69) is 9.88 Å². The largest absolute Gasteiger partial charge is 0.492 e. The van der Waals surface area contributed by atoms with E-state index in [4.69, 9.17) is 9.47 Å². The molecule has 0 atom stereocenters. The summed E-state index contributed by atoms with van der Waals surface area (Å²) < 4.78 is 25.1. The van der Waals surface area contributed by atoms with Crippen LogP contribution in [0.3, 0.4) is 0 Å². The SMILES string of the molecule is O=C(c1cccc(F)c1)N(Cc1cccc(OCCN2CCOCC2)c1)Cc1ccccn1. The number of hydrogen-bond donors (Lipinski definition) is 0. The maximum Gasteiger partial charge on any atom is 0.254 e. The fraction of sp³-hybridized carbons (Fsp3) is 0.308. The minimum absolute atomic E-state index is 0.251. The summed E-state index contributed by atoms with van der Waals surface area (Å²) in [6, 6.07) is 19.1. The second kappa shape index (κ2) is 11.5.